The van der Waals surface area contributed by atoms with Crippen LogP contribution in [0.4, 0.5) is 0 Å². The maximum Gasteiger partial charge on any atom is 0.0801 e. The van der Waals surface area contributed by atoms with Gasteiger partial charge in [-0.3, -0.25) is 9.97 Å². The number of para-hydroxylation sites is 2. The van der Waals surface area contributed by atoms with Crippen LogP contribution >= 0.6 is 0 Å². The first-order chi connectivity index (χ1) is 23.8. The fourth-order valence-electron chi connectivity index (χ4n) is 8.11. The summed E-state index contributed by atoms with van der Waals surface area (Å²) in [6.45, 7) is 0. The minimum Gasteiger partial charge on any atom is -0.308 e. The predicted molar refractivity (Wildman–Crippen MR) is 201 cm³/mol. The molecule has 11 aromatic rings. The molecule has 222 valence electrons. The van der Waals surface area contributed by atoms with E-state index < -0.39 is 0 Å². The summed E-state index contributed by atoms with van der Waals surface area (Å²) in [6.07, 6.45) is 3.80. The van der Waals surface area contributed by atoms with Gasteiger partial charge in [-0.05, 0) is 59.3 Å². The van der Waals surface area contributed by atoms with E-state index in [2.05, 4.69) is 143 Å². The molecule has 4 aromatic heterocycles. The zero-order chi connectivity index (χ0) is 31.3. The van der Waals surface area contributed by atoms with Crippen LogP contribution < -0.4 is 0 Å². The Hall–Kier alpha value is -6.52. The van der Waals surface area contributed by atoms with Crippen LogP contribution in [0.1, 0.15) is 0 Å². The summed E-state index contributed by atoms with van der Waals surface area (Å²) < 4.78 is 4.89. The lowest BCUT2D eigenvalue weighted by molar-refractivity contribution is 1.18. The minimum atomic E-state index is 1.02. The van der Waals surface area contributed by atoms with Crippen LogP contribution in [0.5, 0.6) is 0 Å². The molecular weight excluding hydrogens is 585 g/mol. The molecule has 0 saturated heterocycles. The number of benzene rings is 7. The Morgan fingerprint density at radius 1 is 0.333 bits per heavy atom. The van der Waals surface area contributed by atoms with E-state index in [1.54, 1.807) is 0 Å². The molecule has 0 spiro atoms. The summed E-state index contributed by atoms with van der Waals surface area (Å²) in [5, 5.41) is 11.9. The maximum atomic E-state index is 4.90. The van der Waals surface area contributed by atoms with Crippen molar-refractivity contribution < 1.29 is 0 Å². The number of hydrogen-bond donors (Lipinski definition) is 0. The zero-order valence-electron chi connectivity index (χ0n) is 25.8. The quantitative estimate of drug-likeness (QED) is 0.183. The van der Waals surface area contributed by atoms with E-state index in [1.165, 1.54) is 43.4 Å². The average Bonchev–Trinajstić information content (AvgIpc) is 3.65. The highest BCUT2D eigenvalue weighted by Crippen LogP contribution is 2.42. The van der Waals surface area contributed by atoms with Crippen molar-refractivity contribution in [3.05, 3.63) is 158 Å². The number of nitrogens with zero attached hydrogens (tertiary/aromatic N) is 4. The lowest BCUT2D eigenvalue weighted by Crippen LogP contribution is -1.98. The van der Waals surface area contributed by atoms with Gasteiger partial charge >= 0.3 is 0 Å². The monoisotopic (exact) mass is 610 g/mol. The first-order valence-corrected chi connectivity index (χ1v) is 16.3. The number of aromatic nitrogens is 4. The van der Waals surface area contributed by atoms with Gasteiger partial charge < -0.3 is 9.13 Å². The molecule has 4 nitrogen and oxygen atoms in total. The summed E-state index contributed by atoms with van der Waals surface area (Å²) in [7, 11) is 0. The smallest absolute Gasteiger partial charge is 0.0801 e. The Kier molecular flexibility index (Phi) is 5.08. The van der Waals surface area contributed by atoms with Crippen molar-refractivity contribution in [3.8, 4) is 11.4 Å². The fraction of sp³-hybridized carbons (Fsp3) is 0. The standard InChI is InChI=1S/C44H26N4/c1-3-15-35-31(13-1)33-25-34-32-14-2-4-16-36(32)48(38-18-6-10-28-20-22-30-12-8-24-46-44(30)42(28)38)40(34)26-39(33)47(35)37-17-5-9-27-19-21-29-11-7-23-45-43(29)41(27)37/h1-26H. The maximum absolute atomic E-state index is 4.90. The van der Waals surface area contributed by atoms with Crippen LogP contribution in [-0.4, -0.2) is 19.1 Å². The van der Waals surface area contributed by atoms with E-state index >= 15 is 0 Å². The number of hydrogen-bond acceptors (Lipinski definition) is 2. The Morgan fingerprint density at radius 3 is 1.31 bits per heavy atom. The van der Waals surface area contributed by atoms with Crippen molar-refractivity contribution in [1.82, 2.24) is 19.1 Å². The predicted octanol–water partition coefficient (Wildman–Crippen LogP) is 11.3. The molecule has 48 heavy (non-hydrogen) atoms. The molecule has 11 rings (SSSR count). The van der Waals surface area contributed by atoms with Crippen molar-refractivity contribution in [1.29, 1.82) is 0 Å². The lowest BCUT2D eigenvalue weighted by Gasteiger charge is -2.15. The third-order valence-corrected chi connectivity index (χ3v) is 10.1. The van der Waals surface area contributed by atoms with Crippen LogP contribution in [0.3, 0.4) is 0 Å². The summed E-state index contributed by atoms with van der Waals surface area (Å²) >= 11 is 0. The lowest BCUT2D eigenvalue weighted by atomic mass is 10.0. The van der Waals surface area contributed by atoms with E-state index in [0.717, 1.165) is 55.0 Å². The van der Waals surface area contributed by atoms with E-state index in [9.17, 15) is 0 Å². The van der Waals surface area contributed by atoms with Crippen molar-refractivity contribution >= 4 is 87.0 Å². The molecule has 0 unspecified atom stereocenters. The number of rotatable bonds is 2. The van der Waals surface area contributed by atoms with E-state index in [0.29, 0.717) is 0 Å². The first-order valence-electron chi connectivity index (χ1n) is 16.3. The van der Waals surface area contributed by atoms with Gasteiger partial charge in [0.2, 0.25) is 0 Å². The average molecular weight is 611 g/mol. The van der Waals surface area contributed by atoms with E-state index in [-0.39, 0.29) is 0 Å². The van der Waals surface area contributed by atoms with Crippen LogP contribution in [0, 0.1) is 0 Å². The summed E-state index contributed by atoms with van der Waals surface area (Å²) in [6, 6.07) is 52.7. The normalized spacial score (nSPS) is 12.2. The minimum absolute atomic E-state index is 1.02. The zero-order valence-corrected chi connectivity index (χ0v) is 25.8. The van der Waals surface area contributed by atoms with Gasteiger partial charge in [0.15, 0.2) is 0 Å². The van der Waals surface area contributed by atoms with Crippen molar-refractivity contribution in [2.75, 3.05) is 0 Å². The SMILES string of the molecule is c1cnc2c(c1)ccc1cccc(-n3c4ccccc4c4cc5c6ccccc6n(-c6cccc7ccc8cccnc8c67)c5cc43)c12. The highest BCUT2D eigenvalue weighted by atomic mass is 15.0. The molecule has 0 radical (unpaired) electrons. The van der Waals surface area contributed by atoms with Crippen LogP contribution in [0.25, 0.3) is 98.3 Å². The third kappa shape index (κ3) is 3.38. The molecule has 4 heteroatoms. The van der Waals surface area contributed by atoms with E-state index in [1.807, 2.05) is 24.5 Å². The van der Waals surface area contributed by atoms with Gasteiger partial charge in [0.25, 0.3) is 0 Å². The molecule has 0 saturated carbocycles. The molecule has 0 amide bonds. The number of pyridine rings is 2. The van der Waals surface area contributed by atoms with E-state index in [4.69, 9.17) is 9.97 Å². The van der Waals surface area contributed by atoms with Crippen LogP contribution in [-0.2, 0) is 0 Å². The highest BCUT2D eigenvalue weighted by molar-refractivity contribution is 6.21. The van der Waals surface area contributed by atoms with Crippen molar-refractivity contribution in [3.63, 3.8) is 0 Å². The van der Waals surface area contributed by atoms with Gasteiger partial charge in [0, 0.05) is 55.5 Å². The van der Waals surface area contributed by atoms with Gasteiger partial charge in [-0.15, -0.1) is 0 Å². The molecular formula is C44H26N4. The third-order valence-electron chi connectivity index (χ3n) is 10.1. The molecule has 0 aliphatic rings. The second-order valence-electron chi connectivity index (χ2n) is 12.6. The molecule has 0 N–H and O–H groups in total. The second-order valence-corrected chi connectivity index (χ2v) is 12.6. The largest absolute Gasteiger partial charge is 0.308 e. The fourth-order valence-corrected chi connectivity index (χ4v) is 8.11. The van der Waals surface area contributed by atoms with Gasteiger partial charge in [-0.2, -0.15) is 0 Å². The Bertz CT molecular complexity index is 2920. The molecule has 7 aromatic carbocycles. The van der Waals surface area contributed by atoms with Gasteiger partial charge in [-0.1, -0.05) is 97.1 Å². The van der Waals surface area contributed by atoms with Gasteiger partial charge in [0.1, 0.15) is 0 Å². The highest BCUT2D eigenvalue weighted by Gasteiger charge is 2.21. The first kappa shape index (κ1) is 25.6. The molecule has 0 atom stereocenters. The van der Waals surface area contributed by atoms with Crippen molar-refractivity contribution in [2.24, 2.45) is 0 Å². The Balaban J connectivity index is 1.34. The van der Waals surface area contributed by atoms with Crippen LogP contribution in [0.2, 0.25) is 0 Å². The molecule has 4 heterocycles. The molecule has 0 fully saturated rings. The van der Waals surface area contributed by atoms with Crippen LogP contribution in [0.15, 0.2) is 158 Å². The number of fused-ring (bicyclic) bond motifs is 12. The topological polar surface area (TPSA) is 35.6 Å². The van der Waals surface area contributed by atoms with Crippen molar-refractivity contribution in [2.45, 2.75) is 0 Å². The second kappa shape index (κ2) is 9.50. The molecule has 0 bridgehead atoms. The summed E-state index contributed by atoms with van der Waals surface area (Å²) in [4.78, 5) is 9.81. The molecule has 0 aliphatic carbocycles. The molecule has 0 aliphatic heterocycles. The van der Waals surface area contributed by atoms with Gasteiger partial charge in [-0.25, -0.2) is 0 Å². The summed E-state index contributed by atoms with van der Waals surface area (Å²) in [5.74, 6) is 0. The Morgan fingerprint density at radius 2 is 0.792 bits per heavy atom. The summed E-state index contributed by atoms with van der Waals surface area (Å²) in [5.41, 5.74) is 8.97. The Labute approximate surface area is 274 Å². The van der Waals surface area contributed by atoms with Gasteiger partial charge in [0.05, 0.1) is 44.5 Å².